The van der Waals surface area contributed by atoms with E-state index in [0.717, 1.165) is 17.2 Å². The molecule has 0 fully saturated rings. The fourth-order valence-corrected chi connectivity index (χ4v) is 2.16. The smallest absolute Gasteiger partial charge is 0.338 e. The Balaban J connectivity index is 2.10. The summed E-state index contributed by atoms with van der Waals surface area (Å²) in [5.74, 6) is -1.16. The molecule has 0 spiro atoms. The molecule has 24 heavy (non-hydrogen) atoms. The first-order valence-electron chi connectivity index (χ1n) is 7.11. The topological polar surface area (TPSA) is 113 Å². The Labute approximate surface area is 138 Å². The molecule has 0 aromatic heterocycles. The first-order valence-corrected chi connectivity index (χ1v) is 7.11. The van der Waals surface area contributed by atoms with Crippen molar-refractivity contribution in [1.82, 2.24) is 0 Å². The van der Waals surface area contributed by atoms with E-state index >= 15 is 0 Å². The predicted molar refractivity (Wildman–Crippen MR) is 88.0 cm³/mol. The van der Waals surface area contributed by atoms with Gasteiger partial charge < -0.3 is 10.5 Å². The van der Waals surface area contributed by atoms with E-state index in [9.17, 15) is 19.7 Å². The molecule has 0 heterocycles. The number of anilines is 1. The van der Waals surface area contributed by atoms with E-state index in [2.05, 4.69) is 0 Å². The summed E-state index contributed by atoms with van der Waals surface area (Å²) >= 11 is 0. The van der Waals surface area contributed by atoms with Gasteiger partial charge in [-0.15, -0.1) is 0 Å². The number of nitrogens with two attached hydrogens (primary N) is 1. The van der Waals surface area contributed by atoms with E-state index in [4.69, 9.17) is 10.5 Å². The molecule has 0 unspecified atom stereocenters. The van der Waals surface area contributed by atoms with Crippen LogP contribution in [0.2, 0.25) is 0 Å². The number of ketones is 1. The van der Waals surface area contributed by atoms with Gasteiger partial charge in [-0.1, -0.05) is 17.7 Å². The molecular formula is C17H16N2O5. The second-order valence-corrected chi connectivity index (χ2v) is 5.35. The maximum atomic E-state index is 12.2. The number of nitrogen functional groups attached to an aromatic ring is 1. The average Bonchev–Trinajstić information content (AvgIpc) is 2.54. The van der Waals surface area contributed by atoms with Crippen LogP contribution in [0.4, 0.5) is 11.4 Å². The van der Waals surface area contributed by atoms with Gasteiger partial charge in [0.25, 0.3) is 5.69 Å². The van der Waals surface area contributed by atoms with Crippen LogP contribution in [0.1, 0.15) is 31.8 Å². The van der Waals surface area contributed by atoms with E-state index in [1.54, 1.807) is 13.0 Å². The predicted octanol–water partition coefficient (Wildman–Crippen LogP) is 2.83. The number of Topliss-reactive ketones (excluding diaryl/α,β-unsaturated/α-hetero) is 1. The zero-order chi connectivity index (χ0) is 17.9. The first kappa shape index (κ1) is 17.1. The molecule has 0 aliphatic rings. The number of esters is 1. The normalized spacial score (nSPS) is 10.2. The van der Waals surface area contributed by atoms with Crippen LogP contribution in [0, 0.1) is 24.0 Å². The number of carbonyl (C=O) groups excluding carboxylic acids is 2. The highest BCUT2D eigenvalue weighted by Gasteiger charge is 2.18. The molecule has 0 atom stereocenters. The molecule has 124 valence electrons. The van der Waals surface area contributed by atoms with Gasteiger partial charge in [0, 0.05) is 11.6 Å². The van der Waals surface area contributed by atoms with Crippen LogP contribution in [0.5, 0.6) is 0 Å². The lowest BCUT2D eigenvalue weighted by Crippen LogP contribution is -2.15. The number of hydrogen-bond acceptors (Lipinski definition) is 6. The van der Waals surface area contributed by atoms with Gasteiger partial charge in [-0.05, 0) is 37.6 Å². The Hall–Kier alpha value is -3.22. The zero-order valence-corrected chi connectivity index (χ0v) is 13.2. The highest BCUT2D eigenvalue weighted by atomic mass is 16.6. The Kier molecular flexibility index (Phi) is 4.93. The summed E-state index contributed by atoms with van der Waals surface area (Å²) in [6, 6.07) is 9.01. The van der Waals surface area contributed by atoms with Crippen molar-refractivity contribution in [1.29, 1.82) is 0 Å². The summed E-state index contributed by atoms with van der Waals surface area (Å²) in [5.41, 5.74) is 7.18. The van der Waals surface area contributed by atoms with E-state index in [0.29, 0.717) is 5.56 Å². The number of carbonyl (C=O) groups is 2. The molecule has 0 aliphatic carbocycles. The third kappa shape index (κ3) is 3.75. The van der Waals surface area contributed by atoms with Crippen molar-refractivity contribution in [3.8, 4) is 0 Å². The molecule has 2 aromatic rings. The molecular weight excluding hydrogens is 312 g/mol. The van der Waals surface area contributed by atoms with Crippen LogP contribution in [-0.2, 0) is 4.74 Å². The van der Waals surface area contributed by atoms with E-state index < -0.39 is 17.5 Å². The fourth-order valence-electron chi connectivity index (χ4n) is 2.16. The summed E-state index contributed by atoms with van der Waals surface area (Å²) in [6.07, 6.45) is 0. The Morgan fingerprint density at radius 3 is 2.54 bits per heavy atom. The minimum absolute atomic E-state index is 0.0373. The van der Waals surface area contributed by atoms with Gasteiger partial charge >= 0.3 is 5.97 Å². The third-order valence-corrected chi connectivity index (χ3v) is 3.49. The van der Waals surface area contributed by atoms with Crippen LogP contribution in [0.3, 0.4) is 0 Å². The van der Waals surface area contributed by atoms with Crippen LogP contribution >= 0.6 is 0 Å². The minimum atomic E-state index is -0.822. The standard InChI is InChI=1S/C17H16N2O5/c1-10-3-4-11(2)13(7-10)16(20)9-24-17(21)12-5-6-14(18)15(8-12)19(22)23/h3-8H,9,18H2,1-2H3. The molecule has 7 heteroatoms. The van der Waals surface area contributed by atoms with Crippen LogP contribution < -0.4 is 5.73 Å². The van der Waals surface area contributed by atoms with Gasteiger partial charge in [0.2, 0.25) is 5.78 Å². The summed E-state index contributed by atoms with van der Waals surface area (Å²) in [7, 11) is 0. The van der Waals surface area contributed by atoms with Crippen molar-refractivity contribution in [3.05, 3.63) is 68.8 Å². The van der Waals surface area contributed by atoms with Crippen molar-refractivity contribution in [2.24, 2.45) is 0 Å². The molecule has 0 radical (unpaired) electrons. The largest absolute Gasteiger partial charge is 0.454 e. The minimum Gasteiger partial charge on any atom is -0.454 e. The Morgan fingerprint density at radius 2 is 1.88 bits per heavy atom. The van der Waals surface area contributed by atoms with E-state index in [1.165, 1.54) is 12.1 Å². The molecule has 0 bridgehead atoms. The monoisotopic (exact) mass is 328 g/mol. The van der Waals surface area contributed by atoms with Gasteiger partial charge in [0.15, 0.2) is 6.61 Å². The van der Waals surface area contributed by atoms with E-state index in [1.807, 2.05) is 19.1 Å². The van der Waals surface area contributed by atoms with Gasteiger partial charge in [0.05, 0.1) is 10.5 Å². The molecule has 0 saturated heterocycles. The number of nitro groups is 1. The molecule has 7 nitrogen and oxygen atoms in total. The number of nitro benzene ring substituents is 1. The van der Waals surface area contributed by atoms with Gasteiger partial charge in [-0.2, -0.15) is 0 Å². The number of ether oxygens (including phenoxy) is 1. The van der Waals surface area contributed by atoms with Crippen LogP contribution in [-0.4, -0.2) is 23.3 Å². The maximum absolute atomic E-state index is 12.2. The first-order chi connectivity index (χ1) is 11.3. The molecule has 2 rings (SSSR count). The number of nitrogens with zero attached hydrogens (tertiary/aromatic N) is 1. The van der Waals surface area contributed by atoms with Crippen molar-refractivity contribution in [2.75, 3.05) is 12.3 Å². The third-order valence-electron chi connectivity index (χ3n) is 3.49. The summed E-state index contributed by atoms with van der Waals surface area (Å²) in [6.45, 7) is 3.20. The average molecular weight is 328 g/mol. The fraction of sp³-hybridized carbons (Fsp3) is 0.176. The summed E-state index contributed by atoms with van der Waals surface area (Å²) in [5, 5.41) is 10.8. The Morgan fingerprint density at radius 1 is 1.17 bits per heavy atom. The van der Waals surface area contributed by atoms with Crippen molar-refractivity contribution in [3.63, 3.8) is 0 Å². The number of benzene rings is 2. The zero-order valence-electron chi connectivity index (χ0n) is 13.2. The van der Waals surface area contributed by atoms with Gasteiger partial charge in [-0.25, -0.2) is 4.79 Å². The van der Waals surface area contributed by atoms with Crippen LogP contribution in [0.25, 0.3) is 0 Å². The summed E-state index contributed by atoms with van der Waals surface area (Å²) < 4.78 is 4.96. The molecule has 2 N–H and O–H groups in total. The lowest BCUT2D eigenvalue weighted by molar-refractivity contribution is -0.383. The molecule has 0 saturated carbocycles. The second kappa shape index (κ2) is 6.91. The highest BCUT2D eigenvalue weighted by molar-refractivity contribution is 6.00. The Bertz CT molecular complexity index is 830. The van der Waals surface area contributed by atoms with Gasteiger partial charge in [0.1, 0.15) is 5.69 Å². The van der Waals surface area contributed by atoms with Crippen molar-refractivity contribution >= 4 is 23.1 Å². The lowest BCUT2D eigenvalue weighted by atomic mass is 10.0. The molecule has 0 aliphatic heterocycles. The quantitative estimate of drug-likeness (QED) is 0.297. The highest BCUT2D eigenvalue weighted by Crippen LogP contribution is 2.22. The van der Waals surface area contributed by atoms with Crippen LogP contribution in [0.15, 0.2) is 36.4 Å². The second-order valence-electron chi connectivity index (χ2n) is 5.35. The lowest BCUT2D eigenvalue weighted by Gasteiger charge is -2.08. The maximum Gasteiger partial charge on any atom is 0.338 e. The van der Waals surface area contributed by atoms with E-state index in [-0.39, 0.29) is 22.7 Å². The summed E-state index contributed by atoms with van der Waals surface area (Å²) in [4.78, 5) is 34.3. The molecule has 0 amide bonds. The van der Waals surface area contributed by atoms with Gasteiger partial charge in [-0.3, -0.25) is 14.9 Å². The number of aryl methyl sites for hydroxylation is 2. The number of rotatable bonds is 5. The van der Waals surface area contributed by atoms with Crippen molar-refractivity contribution in [2.45, 2.75) is 13.8 Å². The SMILES string of the molecule is Cc1ccc(C)c(C(=O)COC(=O)c2ccc(N)c([N+](=O)[O-])c2)c1. The van der Waals surface area contributed by atoms with Crippen molar-refractivity contribution < 1.29 is 19.2 Å². The molecule has 2 aromatic carbocycles. The number of hydrogen-bond donors (Lipinski definition) is 1.